The van der Waals surface area contributed by atoms with Gasteiger partial charge in [-0.1, -0.05) is 0 Å². The predicted molar refractivity (Wildman–Crippen MR) is 75.1 cm³/mol. The minimum Gasteiger partial charge on any atom is -0.372 e. The van der Waals surface area contributed by atoms with Crippen LogP contribution in [-0.4, -0.2) is 24.9 Å². The van der Waals surface area contributed by atoms with Gasteiger partial charge >= 0.3 is 0 Å². The van der Waals surface area contributed by atoms with Crippen molar-refractivity contribution >= 4 is 11.5 Å². The number of rotatable bonds is 3. The van der Waals surface area contributed by atoms with E-state index < -0.39 is 0 Å². The Bertz CT molecular complexity index is 405. The Kier molecular flexibility index (Phi) is 4.02. The van der Waals surface area contributed by atoms with E-state index in [0.717, 1.165) is 31.2 Å². The average molecular weight is 246 g/mol. The number of anilines is 1. The lowest BCUT2D eigenvalue weighted by molar-refractivity contribution is 0.101. The van der Waals surface area contributed by atoms with Gasteiger partial charge in [0.05, 0.1) is 0 Å². The van der Waals surface area contributed by atoms with E-state index >= 15 is 0 Å². The first-order valence-corrected chi connectivity index (χ1v) is 6.67. The smallest absolute Gasteiger partial charge is 0.159 e. The van der Waals surface area contributed by atoms with Crippen LogP contribution in [0.25, 0.3) is 0 Å². The number of hydrogen-bond acceptors (Lipinski definition) is 3. The first-order valence-electron chi connectivity index (χ1n) is 6.67. The lowest BCUT2D eigenvalue weighted by Gasteiger charge is -2.35. The van der Waals surface area contributed by atoms with E-state index in [1.807, 2.05) is 24.3 Å². The van der Waals surface area contributed by atoms with Crippen LogP contribution in [0.5, 0.6) is 0 Å². The standard InChI is InChI=1S/C15H22N2O/c1-11(18)12-3-7-14(8-4-12)17(2)15-9-5-13(16)6-10-15/h3-4,7-8,13,15H,5-6,9-10,16H2,1-2H3. The van der Waals surface area contributed by atoms with Crippen molar-refractivity contribution in [2.75, 3.05) is 11.9 Å². The topological polar surface area (TPSA) is 46.3 Å². The number of benzene rings is 1. The van der Waals surface area contributed by atoms with Crippen LogP contribution in [0.4, 0.5) is 5.69 Å². The van der Waals surface area contributed by atoms with Crippen molar-refractivity contribution < 1.29 is 4.79 Å². The van der Waals surface area contributed by atoms with Gasteiger partial charge in [0.2, 0.25) is 0 Å². The second kappa shape index (κ2) is 5.53. The molecule has 0 radical (unpaired) electrons. The Hall–Kier alpha value is -1.35. The molecule has 1 aliphatic rings. The third-order valence-electron chi connectivity index (χ3n) is 3.97. The highest BCUT2D eigenvalue weighted by Gasteiger charge is 2.22. The van der Waals surface area contributed by atoms with Gasteiger partial charge in [-0.3, -0.25) is 4.79 Å². The quantitative estimate of drug-likeness (QED) is 0.834. The van der Waals surface area contributed by atoms with E-state index in [0.29, 0.717) is 12.1 Å². The van der Waals surface area contributed by atoms with Gasteiger partial charge in [-0.15, -0.1) is 0 Å². The first kappa shape index (κ1) is 13.1. The summed E-state index contributed by atoms with van der Waals surface area (Å²) in [6.07, 6.45) is 4.54. The predicted octanol–water partition coefficient (Wildman–Crippen LogP) is 2.60. The van der Waals surface area contributed by atoms with Crippen molar-refractivity contribution in [1.29, 1.82) is 0 Å². The monoisotopic (exact) mass is 246 g/mol. The van der Waals surface area contributed by atoms with Crippen molar-refractivity contribution in [3.63, 3.8) is 0 Å². The van der Waals surface area contributed by atoms with Crippen molar-refractivity contribution in [2.45, 2.75) is 44.7 Å². The summed E-state index contributed by atoms with van der Waals surface area (Å²) >= 11 is 0. The summed E-state index contributed by atoms with van der Waals surface area (Å²) in [7, 11) is 2.13. The van der Waals surface area contributed by atoms with Crippen molar-refractivity contribution in [3.05, 3.63) is 29.8 Å². The normalized spacial score (nSPS) is 23.7. The first-order chi connectivity index (χ1) is 8.58. The molecule has 0 heterocycles. The molecule has 0 unspecified atom stereocenters. The summed E-state index contributed by atoms with van der Waals surface area (Å²) in [5.74, 6) is 0.118. The lowest BCUT2D eigenvalue weighted by Crippen LogP contribution is -2.38. The molecule has 1 aliphatic carbocycles. The molecule has 0 amide bonds. The molecule has 1 fully saturated rings. The van der Waals surface area contributed by atoms with Gasteiger partial charge in [0.15, 0.2) is 5.78 Å². The summed E-state index contributed by atoms with van der Waals surface area (Å²) in [6, 6.07) is 8.84. The fraction of sp³-hybridized carbons (Fsp3) is 0.533. The molecule has 1 saturated carbocycles. The largest absolute Gasteiger partial charge is 0.372 e. The van der Waals surface area contributed by atoms with Crippen LogP contribution >= 0.6 is 0 Å². The van der Waals surface area contributed by atoms with Crippen LogP contribution < -0.4 is 10.6 Å². The molecule has 0 bridgehead atoms. The van der Waals surface area contributed by atoms with Crippen LogP contribution in [0.15, 0.2) is 24.3 Å². The molecule has 0 saturated heterocycles. The second-order valence-electron chi connectivity index (χ2n) is 5.28. The molecule has 18 heavy (non-hydrogen) atoms. The molecular weight excluding hydrogens is 224 g/mol. The van der Waals surface area contributed by atoms with Crippen molar-refractivity contribution in [1.82, 2.24) is 0 Å². The van der Waals surface area contributed by atoms with E-state index in [1.165, 1.54) is 5.69 Å². The van der Waals surface area contributed by atoms with Crippen molar-refractivity contribution in [3.8, 4) is 0 Å². The molecule has 1 aromatic carbocycles. The molecule has 3 nitrogen and oxygen atoms in total. The Labute approximate surface area is 109 Å². The van der Waals surface area contributed by atoms with E-state index in [-0.39, 0.29) is 5.78 Å². The molecule has 0 aliphatic heterocycles. The summed E-state index contributed by atoms with van der Waals surface area (Å²) in [5, 5.41) is 0. The second-order valence-corrected chi connectivity index (χ2v) is 5.28. The van der Waals surface area contributed by atoms with E-state index in [1.54, 1.807) is 6.92 Å². The van der Waals surface area contributed by atoms with Gasteiger partial charge in [-0.2, -0.15) is 0 Å². The molecule has 98 valence electrons. The van der Waals surface area contributed by atoms with E-state index in [9.17, 15) is 4.79 Å². The Morgan fingerprint density at radius 3 is 2.22 bits per heavy atom. The van der Waals surface area contributed by atoms with Gasteiger partial charge in [0, 0.05) is 30.4 Å². The van der Waals surface area contributed by atoms with Gasteiger partial charge in [0.1, 0.15) is 0 Å². The van der Waals surface area contributed by atoms with Gasteiger partial charge in [0.25, 0.3) is 0 Å². The number of nitrogens with zero attached hydrogens (tertiary/aromatic N) is 1. The van der Waals surface area contributed by atoms with Crippen LogP contribution in [0, 0.1) is 0 Å². The zero-order valence-electron chi connectivity index (χ0n) is 11.2. The van der Waals surface area contributed by atoms with Gasteiger partial charge in [-0.25, -0.2) is 0 Å². The SMILES string of the molecule is CC(=O)c1ccc(N(C)C2CCC(N)CC2)cc1. The summed E-state index contributed by atoms with van der Waals surface area (Å²) < 4.78 is 0. The number of carbonyl (C=O) groups excluding carboxylic acids is 1. The summed E-state index contributed by atoms with van der Waals surface area (Å²) in [5.41, 5.74) is 7.89. The lowest BCUT2D eigenvalue weighted by atomic mass is 9.90. The fourth-order valence-corrected chi connectivity index (χ4v) is 2.63. The third-order valence-corrected chi connectivity index (χ3v) is 3.97. The van der Waals surface area contributed by atoms with Crippen LogP contribution in [-0.2, 0) is 0 Å². The van der Waals surface area contributed by atoms with Gasteiger partial charge in [-0.05, 0) is 56.9 Å². The zero-order valence-corrected chi connectivity index (χ0v) is 11.2. The highest BCUT2D eigenvalue weighted by molar-refractivity contribution is 5.94. The van der Waals surface area contributed by atoms with Crippen LogP contribution in [0.2, 0.25) is 0 Å². The van der Waals surface area contributed by atoms with Crippen molar-refractivity contribution in [2.24, 2.45) is 5.73 Å². The maximum absolute atomic E-state index is 11.2. The average Bonchev–Trinajstić information content (AvgIpc) is 2.39. The number of ketones is 1. The number of Topliss-reactive ketones (excluding diaryl/α,β-unsaturated/α-hetero) is 1. The molecule has 0 aromatic heterocycles. The highest BCUT2D eigenvalue weighted by atomic mass is 16.1. The maximum Gasteiger partial charge on any atom is 0.159 e. The Morgan fingerprint density at radius 1 is 1.17 bits per heavy atom. The molecule has 3 heteroatoms. The Balaban J connectivity index is 2.04. The van der Waals surface area contributed by atoms with Gasteiger partial charge < -0.3 is 10.6 Å². The minimum absolute atomic E-state index is 0.118. The number of hydrogen-bond donors (Lipinski definition) is 1. The molecule has 0 spiro atoms. The minimum atomic E-state index is 0.118. The zero-order chi connectivity index (χ0) is 13.1. The Morgan fingerprint density at radius 2 is 1.72 bits per heavy atom. The number of carbonyl (C=O) groups is 1. The highest BCUT2D eigenvalue weighted by Crippen LogP contribution is 2.25. The molecule has 2 rings (SSSR count). The van der Waals surface area contributed by atoms with E-state index in [4.69, 9.17) is 5.73 Å². The molecule has 2 N–H and O–H groups in total. The summed E-state index contributed by atoms with van der Waals surface area (Å²) in [6.45, 7) is 1.60. The number of nitrogens with two attached hydrogens (primary N) is 1. The van der Waals surface area contributed by atoms with Crippen LogP contribution in [0.3, 0.4) is 0 Å². The fourth-order valence-electron chi connectivity index (χ4n) is 2.63. The molecule has 1 aromatic rings. The summed E-state index contributed by atoms with van der Waals surface area (Å²) in [4.78, 5) is 13.6. The van der Waals surface area contributed by atoms with Crippen LogP contribution in [0.1, 0.15) is 43.0 Å². The maximum atomic E-state index is 11.2. The third kappa shape index (κ3) is 2.91. The van der Waals surface area contributed by atoms with E-state index in [2.05, 4.69) is 11.9 Å². The molecular formula is C15H22N2O. The molecule has 0 atom stereocenters.